The molecule has 0 atom stereocenters. The van der Waals surface area contributed by atoms with Crippen LogP contribution < -0.4 is 5.32 Å². The van der Waals surface area contributed by atoms with Crippen LogP contribution >= 0.6 is 12.2 Å². The Morgan fingerprint density at radius 1 is 1.28 bits per heavy atom. The van der Waals surface area contributed by atoms with Crippen molar-refractivity contribution in [3.8, 4) is 0 Å². The highest BCUT2D eigenvalue weighted by Crippen LogP contribution is 2.09. The zero-order valence-corrected chi connectivity index (χ0v) is 16.6. The molecular formula is C20H33N3OS. The maximum absolute atomic E-state index is 5.67. The number of aryl methyl sites for hydroxylation is 1. The molecule has 0 amide bonds. The molecule has 0 spiro atoms. The normalized spacial score (nSPS) is 15.1. The van der Waals surface area contributed by atoms with Gasteiger partial charge in [-0.3, -0.25) is 4.90 Å². The first-order chi connectivity index (χ1) is 12.2. The number of unbranched alkanes of at least 4 members (excludes halogenated alkanes) is 1. The first kappa shape index (κ1) is 20.1. The van der Waals surface area contributed by atoms with Crippen LogP contribution in [0.4, 0.5) is 0 Å². The minimum atomic E-state index is 0.865. The molecule has 5 heteroatoms. The summed E-state index contributed by atoms with van der Waals surface area (Å²) in [6.45, 7) is 12.1. The number of rotatable bonds is 9. The van der Waals surface area contributed by atoms with Crippen molar-refractivity contribution in [3.05, 3.63) is 35.4 Å². The van der Waals surface area contributed by atoms with Crippen molar-refractivity contribution in [2.45, 2.75) is 39.7 Å². The van der Waals surface area contributed by atoms with E-state index in [1.807, 2.05) is 0 Å². The predicted octanol–water partition coefficient (Wildman–Crippen LogP) is 3.19. The lowest BCUT2D eigenvalue weighted by atomic mass is 10.1. The molecule has 1 aliphatic rings. The summed E-state index contributed by atoms with van der Waals surface area (Å²) in [5.74, 6) is 0. The number of hydrogen-bond acceptors (Lipinski definition) is 3. The number of benzene rings is 1. The molecule has 1 aromatic rings. The first-order valence-corrected chi connectivity index (χ1v) is 9.98. The molecule has 1 aromatic carbocycles. The maximum Gasteiger partial charge on any atom is 0.169 e. The standard InChI is InChI=1S/C20H33N3OS/c1-3-4-9-21-20(25)23(17-19-8-5-7-18(2)16-19)11-6-10-22-12-14-24-15-13-22/h5,7-8,16H,3-4,6,9-15,17H2,1-2H3,(H,21,25). The third-order valence-electron chi connectivity index (χ3n) is 4.56. The summed E-state index contributed by atoms with van der Waals surface area (Å²) in [6.07, 6.45) is 3.47. The van der Waals surface area contributed by atoms with Crippen LogP contribution in [0.5, 0.6) is 0 Å². The fourth-order valence-corrected chi connectivity index (χ4v) is 3.34. The van der Waals surface area contributed by atoms with Crippen LogP contribution in [0.2, 0.25) is 0 Å². The lowest BCUT2D eigenvalue weighted by Gasteiger charge is -2.29. The Labute approximate surface area is 158 Å². The number of nitrogens with one attached hydrogen (secondary N) is 1. The van der Waals surface area contributed by atoms with Gasteiger partial charge in [0.25, 0.3) is 0 Å². The molecule has 0 aromatic heterocycles. The molecule has 1 fully saturated rings. The van der Waals surface area contributed by atoms with Gasteiger partial charge < -0.3 is 15.0 Å². The Morgan fingerprint density at radius 3 is 2.80 bits per heavy atom. The highest BCUT2D eigenvalue weighted by Gasteiger charge is 2.13. The molecule has 0 bridgehead atoms. The fraction of sp³-hybridized carbons (Fsp3) is 0.650. The Hall–Kier alpha value is -1.17. The van der Waals surface area contributed by atoms with Crippen molar-refractivity contribution >= 4 is 17.3 Å². The second-order valence-electron chi connectivity index (χ2n) is 6.80. The summed E-state index contributed by atoms with van der Waals surface area (Å²) >= 11 is 5.67. The quantitative estimate of drug-likeness (QED) is 0.537. The van der Waals surface area contributed by atoms with Crippen molar-refractivity contribution in [1.29, 1.82) is 0 Å². The molecule has 4 nitrogen and oxygen atoms in total. The molecule has 0 unspecified atom stereocenters. The van der Waals surface area contributed by atoms with E-state index in [0.717, 1.165) is 70.4 Å². The van der Waals surface area contributed by atoms with E-state index in [-0.39, 0.29) is 0 Å². The van der Waals surface area contributed by atoms with Gasteiger partial charge in [-0.25, -0.2) is 0 Å². The molecule has 140 valence electrons. The lowest BCUT2D eigenvalue weighted by Crippen LogP contribution is -2.42. The highest BCUT2D eigenvalue weighted by molar-refractivity contribution is 7.80. The number of hydrogen-bond donors (Lipinski definition) is 1. The van der Waals surface area contributed by atoms with Crippen LogP contribution in [-0.2, 0) is 11.3 Å². The topological polar surface area (TPSA) is 27.7 Å². The van der Waals surface area contributed by atoms with Gasteiger partial charge in [-0.15, -0.1) is 0 Å². The third kappa shape index (κ3) is 7.72. The summed E-state index contributed by atoms with van der Waals surface area (Å²) < 4.78 is 5.43. The molecular weight excluding hydrogens is 330 g/mol. The van der Waals surface area contributed by atoms with Gasteiger partial charge in [0.05, 0.1) is 13.2 Å². The average Bonchev–Trinajstić information content (AvgIpc) is 2.62. The van der Waals surface area contributed by atoms with E-state index in [0.29, 0.717) is 0 Å². The van der Waals surface area contributed by atoms with E-state index < -0.39 is 0 Å². The molecule has 25 heavy (non-hydrogen) atoms. The van der Waals surface area contributed by atoms with E-state index >= 15 is 0 Å². The third-order valence-corrected chi connectivity index (χ3v) is 4.96. The van der Waals surface area contributed by atoms with Crippen molar-refractivity contribution in [1.82, 2.24) is 15.1 Å². The first-order valence-electron chi connectivity index (χ1n) is 9.57. The minimum absolute atomic E-state index is 0.865. The van der Waals surface area contributed by atoms with Crippen molar-refractivity contribution in [2.75, 3.05) is 45.9 Å². The Bertz CT molecular complexity index is 517. The molecule has 1 N–H and O–H groups in total. The summed E-state index contributed by atoms with van der Waals surface area (Å²) in [5.41, 5.74) is 2.63. The summed E-state index contributed by atoms with van der Waals surface area (Å²) in [4.78, 5) is 4.81. The van der Waals surface area contributed by atoms with Gasteiger partial charge in [0.15, 0.2) is 5.11 Å². The Kier molecular flexibility index (Phi) is 9.22. The smallest absolute Gasteiger partial charge is 0.169 e. The molecule has 1 aliphatic heterocycles. The van der Waals surface area contributed by atoms with Gasteiger partial charge in [-0.2, -0.15) is 0 Å². The van der Waals surface area contributed by atoms with Gasteiger partial charge in [0.2, 0.25) is 0 Å². The number of morpholine rings is 1. The highest BCUT2D eigenvalue weighted by atomic mass is 32.1. The number of thiocarbonyl (C=S) groups is 1. The minimum Gasteiger partial charge on any atom is -0.379 e. The molecule has 0 radical (unpaired) electrons. The van der Waals surface area contributed by atoms with Crippen molar-refractivity contribution < 1.29 is 4.74 Å². The largest absolute Gasteiger partial charge is 0.379 e. The zero-order chi connectivity index (χ0) is 17.9. The SMILES string of the molecule is CCCCNC(=S)N(CCCN1CCOCC1)Cc1cccc(C)c1. The van der Waals surface area contributed by atoms with E-state index in [4.69, 9.17) is 17.0 Å². The van der Waals surface area contributed by atoms with Gasteiger partial charge in [-0.1, -0.05) is 43.2 Å². The van der Waals surface area contributed by atoms with Crippen molar-refractivity contribution in [2.24, 2.45) is 0 Å². The molecule has 2 rings (SSSR count). The van der Waals surface area contributed by atoms with Crippen LogP contribution in [0.25, 0.3) is 0 Å². The van der Waals surface area contributed by atoms with E-state index in [2.05, 4.69) is 53.2 Å². The zero-order valence-electron chi connectivity index (χ0n) is 15.8. The van der Waals surface area contributed by atoms with Crippen LogP contribution in [0.3, 0.4) is 0 Å². The number of nitrogens with zero attached hydrogens (tertiary/aromatic N) is 2. The second kappa shape index (κ2) is 11.4. The molecule has 1 saturated heterocycles. The number of ether oxygens (including phenoxy) is 1. The molecule has 1 heterocycles. The van der Waals surface area contributed by atoms with E-state index in [9.17, 15) is 0 Å². The van der Waals surface area contributed by atoms with Crippen LogP contribution in [0, 0.1) is 6.92 Å². The van der Waals surface area contributed by atoms with E-state index in [1.165, 1.54) is 17.5 Å². The second-order valence-corrected chi connectivity index (χ2v) is 7.19. The Morgan fingerprint density at radius 2 is 2.08 bits per heavy atom. The molecule has 0 saturated carbocycles. The van der Waals surface area contributed by atoms with Gasteiger partial charge in [0, 0.05) is 39.3 Å². The summed E-state index contributed by atoms with van der Waals surface area (Å²) in [5, 5.41) is 4.32. The monoisotopic (exact) mass is 363 g/mol. The van der Waals surface area contributed by atoms with Crippen LogP contribution in [0.15, 0.2) is 24.3 Å². The van der Waals surface area contributed by atoms with Gasteiger partial charge >= 0.3 is 0 Å². The van der Waals surface area contributed by atoms with E-state index in [1.54, 1.807) is 0 Å². The van der Waals surface area contributed by atoms with Crippen molar-refractivity contribution in [3.63, 3.8) is 0 Å². The van der Waals surface area contributed by atoms with Crippen LogP contribution in [-0.4, -0.2) is 60.8 Å². The fourth-order valence-electron chi connectivity index (χ4n) is 3.08. The predicted molar refractivity (Wildman–Crippen MR) is 109 cm³/mol. The van der Waals surface area contributed by atoms with Gasteiger partial charge in [0.1, 0.15) is 0 Å². The summed E-state index contributed by atoms with van der Waals surface area (Å²) in [7, 11) is 0. The lowest BCUT2D eigenvalue weighted by molar-refractivity contribution is 0.0367. The molecule has 0 aliphatic carbocycles. The summed E-state index contributed by atoms with van der Waals surface area (Å²) in [6, 6.07) is 8.72. The van der Waals surface area contributed by atoms with Crippen LogP contribution in [0.1, 0.15) is 37.3 Å². The average molecular weight is 364 g/mol. The van der Waals surface area contributed by atoms with Gasteiger partial charge in [-0.05, 0) is 37.5 Å². The maximum atomic E-state index is 5.67. The Balaban J connectivity index is 1.87.